The Morgan fingerprint density at radius 1 is 1.12 bits per heavy atom. The molecule has 0 bridgehead atoms. The molecule has 14 heteroatoms. The summed E-state index contributed by atoms with van der Waals surface area (Å²) in [6.45, 7) is 0.522. The van der Waals surface area contributed by atoms with Gasteiger partial charge in [0.15, 0.2) is 11.6 Å². The highest BCUT2D eigenvalue weighted by atomic mass is 35.5. The van der Waals surface area contributed by atoms with Gasteiger partial charge >= 0.3 is 5.69 Å². The van der Waals surface area contributed by atoms with Crippen molar-refractivity contribution < 1.29 is 27.1 Å². The van der Waals surface area contributed by atoms with Crippen LogP contribution in [0.1, 0.15) is 10.5 Å². The van der Waals surface area contributed by atoms with Gasteiger partial charge in [0.05, 0.1) is 46.9 Å². The number of hydrogen-bond donors (Lipinski definition) is 0. The zero-order valence-corrected chi connectivity index (χ0v) is 22.4. The van der Waals surface area contributed by atoms with Gasteiger partial charge in [0.2, 0.25) is 5.88 Å². The second-order valence-corrected chi connectivity index (χ2v) is 9.66. The highest BCUT2D eigenvalue weighted by Gasteiger charge is 2.28. The van der Waals surface area contributed by atoms with Gasteiger partial charge in [0.1, 0.15) is 28.5 Å². The molecule has 5 heterocycles. The number of ether oxygens (including phenoxy) is 3. The van der Waals surface area contributed by atoms with Crippen molar-refractivity contribution in [3.05, 3.63) is 80.2 Å². The number of rotatable bonds is 6. The molecule has 6 rings (SSSR count). The fraction of sp³-hybridized carbons (Fsp3) is 0.259. The zero-order chi connectivity index (χ0) is 31.5. The fourth-order valence-corrected chi connectivity index (χ4v) is 5.21. The van der Waals surface area contributed by atoms with Gasteiger partial charge in [-0.2, -0.15) is 4.98 Å². The molecule has 1 aromatic carbocycles. The average Bonchev–Trinajstić information content (AvgIpc) is 3.60. The van der Waals surface area contributed by atoms with E-state index in [0.717, 1.165) is 21.3 Å². The van der Waals surface area contributed by atoms with Gasteiger partial charge in [0, 0.05) is 44.5 Å². The van der Waals surface area contributed by atoms with Crippen molar-refractivity contribution in [3.63, 3.8) is 0 Å². The number of imidazole rings is 1. The van der Waals surface area contributed by atoms with Crippen molar-refractivity contribution in [2.45, 2.75) is 12.5 Å². The smallest absolute Gasteiger partial charge is 0.342 e. The predicted molar refractivity (Wildman–Crippen MR) is 147 cm³/mol. The van der Waals surface area contributed by atoms with Crippen LogP contribution < -0.4 is 25.6 Å². The molecule has 0 aliphatic carbocycles. The van der Waals surface area contributed by atoms with Crippen molar-refractivity contribution in [3.8, 4) is 23.1 Å². The molecular weight excluding hydrogens is 562 g/mol. The van der Waals surface area contributed by atoms with E-state index >= 15 is 0 Å². The first-order chi connectivity index (χ1) is 20.9. The SMILES string of the molecule is [2H]C([2H])([2H])O[C@@H]1CCN(c2cc3c(c(OC)n2)c(=O)n(-c2cnc4cc(F)ccn24)c(=O)n3-c2cc(Cl)c(F)c(OC)c2)C1. The minimum atomic E-state index is -2.59. The van der Waals surface area contributed by atoms with Crippen molar-refractivity contribution in [1.82, 2.24) is 23.5 Å². The number of benzene rings is 1. The maximum Gasteiger partial charge on any atom is 0.342 e. The molecule has 0 saturated carbocycles. The Bertz CT molecular complexity index is 2070. The molecular formula is C27H23ClF2N6O5. The summed E-state index contributed by atoms with van der Waals surface area (Å²) in [6.07, 6.45) is 2.31. The summed E-state index contributed by atoms with van der Waals surface area (Å²) in [4.78, 5) is 38.8. The Morgan fingerprint density at radius 3 is 2.71 bits per heavy atom. The van der Waals surface area contributed by atoms with Gasteiger partial charge in [-0.05, 0) is 18.6 Å². The van der Waals surface area contributed by atoms with Gasteiger partial charge in [-0.1, -0.05) is 11.6 Å². The largest absolute Gasteiger partial charge is 0.494 e. The summed E-state index contributed by atoms with van der Waals surface area (Å²) in [7, 11) is -0.0661. The van der Waals surface area contributed by atoms with E-state index in [0.29, 0.717) is 13.0 Å². The third-order valence-corrected chi connectivity index (χ3v) is 7.24. The Kier molecular flexibility index (Phi) is 5.76. The van der Waals surface area contributed by atoms with E-state index < -0.39 is 36.0 Å². The van der Waals surface area contributed by atoms with Crippen LogP contribution in [-0.4, -0.2) is 64.0 Å². The van der Waals surface area contributed by atoms with Crippen LogP contribution in [0.3, 0.4) is 0 Å². The van der Waals surface area contributed by atoms with Crippen LogP contribution in [0, 0.1) is 11.6 Å². The van der Waals surface area contributed by atoms with Crippen LogP contribution in [0.25, 0.3) is 28.1 Å². The van der Waals surface area contributed by atoms with Gasteiger partial charge in [-0.15, -0.1) is 0 Å². The van der Waals surface area contributed by atoms with Crippen molar-refractivity contribution >= 4 is 34.0 Å². The summed E-state index contributed by atoms with van der Waals surface area (Å²) >= 11 is 6.18. The summed E-state index contributed by atoms with van der Waals surface area (Å²) in [5.74, 6) is -1.59. The molecule has 11 nitrogen and oxygen atoms in total. The van der Waals surface area contributed by atoms with Crippen LogP contribution >= 0.6 is 11.6 Å². The van der Waals surface area contributed by atoms with E-state index in [9.17, 15) is 18.4 Å². The minimum Gasteiger partial charge on any atom is -0.494 e. The molecule has 0 spiro atoms. The Morgan fingerprint density at radius 2 is 1.95 bits per heavy atom. The lowest BCUT2D eigenvalue weighted by molar-refractivity contribution is 0.121. The number of hydrogen-bond acceptors (Lipinski definition) is 8. The number of aromatic nitrogens is 5. The lowest BCUT2D eigenvalue weighted by Crippen LogP contribution is -2.39. The Labute approximate surface area is 239 Å². The number of halogens is 3. The second kappa shape index (κ2) is 10.2. The molecule has 1 aliphatic rings. The number of anilines is 1. The second-order valence-electron chi connectivity index (χ2n) is 9.25. The summed E-state index contributed by atoms with van der Waals surface area (Å²) in [6, 6.07) is 6.18. The van der Waals surface area contributed by atoms with Gasteiger partial charge in [0.25, 0.3) is 5.56 Å². The normalized spacial score (nSPS) is 16.7. The first-order valence-corrected chi connectivity index (χ1v) is 12.6. The van der Waals surface area contributed by atoms with Crippen LogP contribution in [0.4, 0.5) is 14.6 Å². The van der Waals surface area contributed by atoms with Crippen molar-refractivity contribution in [2.75, 3.05) is 39.2 Å². The molecule has 4 aromatic heterocycles. The maximum absolute atomic E-state index is 14.7. The molecule has 1 fully saturated rings. The molecule has 41 heavy (non-hydrogen) atoms. The third kappa shape index (κ3) is 4.28. The number of methoxy groups -OCH3 is 3. The van der Waals surface area contributed by atoms with E-state index in [2.05, 4.69) is 9.97 Å². The van der Waals surface area contributed by atoms with Gasteiger partial charge in [-0.25, -0.2) is 23.1 Å². The van der Waals surface area contributed by atoms with Crippen molar-refractivity contribution in [1.29, 1.82) is 0 Å². The van der Waals surface area contributed by atoms with Crippen LogP contribution in [0.2, 0.25) is 5.02 Å². The first-order valence-electron chi connectivity index (χ1n) is 13.8. The lowest BCUT2D eigenvalue weighted by atomic mass is 10.2. The quantitative estimate of drug-likeness (QED) is 0.298. The number of nitrogens with zero attached hydrogens (tertiary/aromatic N) is 6. The monoisotopic (exact) mass is 587 g/mol. The van der Waals surface area contributed by atoms with E-state index in [4.69, 9.17) is 29.9 Å². The third-order valence-electron chi connectivity index (χ3n) is 6.96. The standard InChI is InChI=1S/C27H23ClF2N6O5/c1-39-16-5-6-33(13-16)21-11-18-23(25(32-21)41-3)26(37)36(22-12-31-20-8-14(29)4-7-34(20)22)27(38)35(18)15-9-17(28)24(30)19(10-15)40-2/h4,7-12,16H,5-6,13H2,1-3H3/t16-/m1/s1/i1D3. The molecule has 1 atom stereocenters. The van der Waals surface area contributed by atoms with E-state index in [1.54, 1.807) is 4.90 Å². The molecule has 0 radical (unpaired) electrons. The lowest BCUT2D eigenvalue weighted by Gasteiger charge is -2.21. The average molecular weight is 588 g/mol. The Balaban J connectivity index is 1.66. The molecule has 0 N–H and O–H groups in total. The molecule has 1 aliphatic heterocycles. The van der Waals surface area contributed by atoms with Crippen LogP contribution in [0.5, 0.6) is 11.6 Å². The summed E-state index contributed by atoms with van der Waals surface area (Å²) in [5, 5.41) is -0.477. The first kappa shape index (κ1) is 23.2. The van der Waals surface area contributed by atoms with Crippen molar-refractivity contribution in [2.24, 2.45) is 0 Å². The fourth-order valence-electron chi connectivity index (χ4n) is 5.00. The number of pyridine rings is 2. The van der Waals surface area contributed by atoms with E-state index in [1.165, 1.54) is 49.2 Å². The van der Waals surface area contributed by atoms with Crippen LogP contribution in [0.15, 0.2) is 52.3 Å². The number of fused-ring (bicyclic) bond motifs is 2. The Hall–Kier alpha value is -4.49. The van der Waals surface area contributed by atoms with Crippen LogP contribution in [-0.2, 0) is 4.74 Å². The predicted octanol–water partition coefficient (Wildman–Crippen LogP) is 3.36. The van der Waals surface area contributed by atoms with Gasteiger partial charge in [-0.3, -0.25) is 13.8 Å². The zero-order valence-electron chi connectivity index (χ0n) is 24.6. The molecule has 5 aromatic rings. The molecule has 212 valence electrons. The van der Waals surface area contributed by atoms with Gasteiger partial charge < -0.3 is 19.1 Å². The molecule has 0 unspecified atom stereocenters. The summed E-state index contributed by atoms with van der Waals surface area (Å²) < 4.78 is 70.0. The van der Waals surface area contributed by atoms with E-state index in [-0.39, 0.29) is 57.1 Å². The topological polar surface area (TPSA) is 105 Å². The summed E-state index contributed by atoms with van der Waals surface area (Å²) in [5.41, 5.74) is -1.52. The highest BCUT2D eigenvalue weighted by molar-refractivity contribution is 6.31. The maximum atomic E-state index is 14.7. The van der Waals surface area contributed by atoms with E-state index in [1.807, 2.05) is 0 Å². The highest BCUT2D eigenvalue weighted by Crippen LogP contribution is 2.32. The molecule has 0 amide bonds. The minimum absolute atomic E-state index is 0.0128. The molecule has 1 saturated heterocycles.